The van der Waals surface area contributed by atoms with E-state index in [1.54, 1.807) is 35.5 Å². The Balaban J connectivity index is 1.60. The highest BCUT2D eigenvalue weighted by Gasteiger charge is 2.24. The molecule has 1 atom stereocenters. The maximum absolute atomic E-state index is 5.52. The molecule has 1 saturated heterocycles. The van der Waals surface area contributed by atoms with Crippen LogP contribution in [-0.4, -0.2) is 60.6 Å². The molecule has 2 N–H and O–H groups in total. The number of rotatable bonds is 8. The normalized spacial score (nSPS) is 16.1. The van der Waals surface area contributed by atoms with Gasteiger partial charge in [-0.2, -0.15) is 0 Å². The number of ether oxygens (including phenoxy) is 4. The van der Waals surface area contributed by atoms with Gasteiger partial charge in [-0.15, -0.1) is 0 Å². The third kappa shape index (κ3) is 5.45. The SMILES string of the molecule is CN=C(NCc1cccc(OC)c1OC)NC1CCN(c2cc(OC)cc(OC)c2)C1. The summed E-state index contributed by atoms with van der Waals surface area (Å²) in [7, 11) is 8.39. The minimum atomic E-state index is 0.274. The van der Waals surface area contributed by atoms with E-state index in [1.807, 2.05) is 36.4 Å². The molecule has 1 aliphatic heterocycles. The third-order valence-electron chi connectivity index (χ3n) is 5.38. The van der Waals surface area contributed by atoms with E-state index in [4.69, 9.17) is 18.9 Å². The summed E-state index contributed by atoms with van der Waals surface area (Å²) in [6.07, 6.45) is 1.00. The Bertz CT molecular complexity index is 881. The van der Waals surface area contributed by atoms with Gasteiger partial charge < -0.3 is 34.5 Å². The molecule has 0 aliphatic carbocycles. The van der Waals surface area contributed by atoms with E-state index in [-0.39, 0.29) is 6.04 Å². The number of anilines is 1. The lowest BCUT2D eigenvalue weighted by atomic mass is 10.2. The summed E-state index contributed by atoms with van der Waals surface area (Å²) < 4.78 is 21.7. The summed E-state index contributed by atoms with van der Waals surface area (Å²) in [5.41, 5.74) is 2.09. The van der Waals surface area contributed by atoms with E-state index in [1.165, 1.54) is 0 Å². The zero-order valence-corrected chi connectivity index (χ0v) is 18.9. The van der Waals surface area contributed by atoms with Gasteiger partial charge in [-0.3, -0.25) is 4.99 Å². The minimum Gasteiger partial charge on any atom is -0.497 e. The smallest absolute Gasteiger partial charge is 0.191 e. The van der Waals surface area contributed by atoms with Gasteiger partial charge >= 0.3 is 0 Å². The van der Waals surface area contributed by atoms with Crippen molar-refractivity contribution in [2.45, 2.75) is 19.0 Å². The second kappa shape index (κ2) is 10.7. The van der Waals surface area contributed by atoms with Gasteiger partial charge in [0.15, 0.2) is 17.5 Å². The molecule has 0 aromatic heterocycles. The maximum atomic E-state index is 5.52. The lowest BCUT2D eigenvalue weighted by Gasteiger charge is -2.22. The molecule has 1 unspecified atom stereocenters. The molecule has 8 nitrogen and oxygen atoms in total. The third-order valence-corrected chi connectivity index (χ3v) is 5.38. The standard InChI is InChI=1S/C23H32N4O4/c1-24-23(25-14-16-7-6-8-21(30-4)22(16)31-5)26-17-9-10-27(15-17)18-11-19(28-2)13-20(12-18)29-3/h6-8,11-13,17H,9-10,14-15H2,1-5H3,(H2,24,25,26). The highest BCUT2D eigenvalue weighted by Crippen LogP contribution is 2.31. The number of para-hydroxylation sites is 1. The van der Waals surface area contributed by atoms with Crippen molar-refractivity contribution >= 4 is 11.6 Å². The predicted octanol–water partition coefficient (Wildman–Crippen LogP) is 2.66. The van der Waals surface area contributed by atoms with E-state index in [0.717, 1.165) is 54.0 Å². The van der Waals surface area contributed by atoms with Gasteiger partial charge in [0.05, 0.1) is 28.4 Å². The molecule has 0 spiro atoms. The minimum absolute atomic E-state index is 0.274. The number of nitrogens with one attached hydrogen (secondary N) is 2. The zero-order chi connectivity index (χ0) is 22.2. The van der Waals surface area contributed by atoms with Crippen molar-refractivity contribution in [1.82, 2.24) is 10.6 Å². The number of guanidine groups is 1. The lowest BCUT2D eigenvalue weighted by Crippen LogP contribution is -2.44. The summed E-state index contributed by atoms with van der Waals surface area (Å²) in [6, 6.07) is 12.1. The summed E-state index contributed by atoms with van der Waals surface area (Å²) >= 11 is 0. The number of hydrogen-bond acceptors (Lipinski definition) is 6. The van der Waals surface area contributed by atoms with E-state index >= 15 is 0 Å². The average Bonchev–Trinajstić information content (AvgIpc) is 3.29. The highest BCUT2D eigenvalue weighted by molar-refractivity contribution is 5.80. The summed E-state index contributed by atoms with van der Waals surface area (Å²) in [6.45, 7) is 2.37. The van der Waals surface area contributed by atoms with Gasteiger partial charge in [-0.05, 0) is 12.5 Å². The second-order valence-corrected chi connectivity index (χ2v) is 7.23. The molecule has 0 amide bonds. The Hall–Kier alpha value is -3.29. The van der Waals surface area contributed by atoms with Crippen LogP contribution in [0.25, 0.3) is 0 Å². The number of methoxy groups -OCH3 is 4. The van der Waals surface area contributed by atoms with Crippen molar-refractivity contribution in [3.05, 3.63) is 42.0 Å². The Morgan fingerprint density at radius 1 is 1.03 bits per heavy atom. The highest BCUT2D eigenvalue weighted by atomic mass is 16.5. The molecule has 1 fully saturated rings. The fourth-order valence-electron chi connectivity index (χ4n) is 3.75. The van der Waals surface area contributed by atoms with Crippen molar-refractivity contribution in [2.24, 2.45) is 4.99 Å². The topological polar surface area (TPSA) is 76.6 Å². The van der Waals surface area contributed by atoms with Gasteiger partial charge in [0.1, 0.15) is 11.5 Å². The quantitative estimate of drug-likeness (QED) is 0.494. The monoisotopic (exact) mass is 428 g/mol. The van der Waals surface area contributed by atoms with E-state index < -0.39 is 0 Å². The summed E-state index contributed by atoms with van der Waals surface area (Å²) in [4.78, 5) is 6.70. The molecule has 1 aliphatic rings. The van der Waals surface area contributed by atoms with Crippen LogP contribution >= 0.6 is 0 Å². The van der Waals surface area contributed by atoms with Crippen LogP contribution in [0.5, 0.6) is 23.0 Å². The molecular weight excluding hydrogens is 396 g/mol. The molecule has 31 heavy (non-hydrogen) atoms. The Morgan fingerprint density at radius 3 is 2.39 bits per heavy atom. The molecule has 0 bridgehead atoms. The number of nitrogens with zero attached hydrogens (tertiary/aromatic N) is 2. The van der Waals surface area contributed by atoms with Crippen LogP contribution < -0.4 is 34.5 Å². The van der Waals surface area contributed by atoms with Crippen molar-refractivity contribution < 1.29 is 18.9 Å². The van der Waals surface area contributed by atoms with Crippen LogP contribution in [0.3, 0.4) is 0 Å². The van der Waals surface area contributed by atoms with Crippen molar-refractivity contribution in [3.63, 3.8) is 0 Å². The molecule has 0 radical (unpaired) electrons. The number of benzene rings is 2. The Kier molecular flexibility index (Phi) is 7.70. The van der Waals surface area contributed by atoms with Crippen LogP contribution in [0.15, 0.2) is 41.4 Å². The van der Waals surface area contributed by atoms with E-state index in [2.05, 4.69) is 20.5 Å². The van der Waals surface area contributed by atoms with Gasteiger partial charge in [-0.1, -0.05) is 12.1 Å². The second-order valence-electron chi connectivity index (χ2n) is 7.23. The van der Waals surface area contributed by atoms with Gasteiger partial charge in [0.25, 0.3) is 0 Å². The van der Waals surface area contributed by atoms with Crippen LogP contribution in [0, 0.1) is 0 Å². The fraction of sp³-hybridized carbons (Fsp3) is 0.435. The molecule has 2 aromatic rings. The fourth-order valence-corrected chi connectivity index (χ4v) is 3.75. The predicted molar refractivity (Wildman–Crippen MR) is 123 cm³/mol. The molecule has 8 heteroatoms. The zero-order valence-electron chi connectivity index (χ0n) is 18.9. The summed E-state index contributed by atoms with van der Waals surface area (Å²) in [5, 5.41) is 6.90. The first-order chi connectivity index (χ1) is 15.1. The Labute approximate surface area is 184 Å². The largest absolute Gasteiger partial charge is 0.497 e. The first kappa shape index (κ1) is 22.4. The maximum Gasteiger partial charge on any atom is 0.191 e. The first-order valence-electron chi connectivity index (χ1n) is 10.3. The van der Waals surface area contributed by atoms with Crippen LogP contribution in [0.1, 0.15) is 12.0 Å². The summed E-state index contributed by atoms with van der Waals surface area (Å²) in [5.74, 6) is 3.77. The number of aliphatic imine (C=N–C) groups is 1. The molecule has 0 saturated carbocycles. The molecule has 3 rings (SSSR count). The van der Waals surface area contributed by atoms with Crippen molar-refractivity contribution in [2.75, 3.05) is 53.5 Å². The molecule has 1 heterocycles. The van der Waals surface area contributed by atoms with Crippen LogP contribution in [-0.2, 0) is 6.54 Å². The van der Waals surface area contributed by atoms with Gasteiger partial charge in [-0.25, -0.2) is 0 Å². The van der Waals surface area contributed by atoms with Crippen molar-refractivity contribution in [3.8, 4) is 23.0 Å². The van der Waals surface area contributed by atoms with E-state index in [9.17, 15) is 0 Å². The molecular formula is C23H32N4O4. The van der Waals surface area contributed by atoms with Gasteiger partial charge in [0.2, 0.25) is 0 Å². The first-order valence-corrected chi connectivity index (χ1v) is 10.3. The van der Waals surface area contributed by atoms with Gasteiger partial charge in [0, 0.05) is 62.2 Å². The van der Waals surface area contributed by atoms with Crippen LogP contribution in [0.4, 0.5) is 5.69 Å². The van der Waals surface area contributed by atoms with E-state index in [0.29, 0.717) is 12.3 Å². The van der Waals surface area contributed by atoms with Crippen molar-refractivity contribution in [1.29, 1.82) is 0 Å². The number of hydrogen-bond donors (Lipinski definition) is 2. The molecule has 168 valence electrons. The lowest BCUT2D eigenvalue weighted by molar-refractivity contribution is 0.351. The average molecular weight is 429 g/mol. The van der Waals surface area contributed by atoms with Crippen LogP contribution in [0.2, 0.25) is 0 Å². The molecule has 2 aromatic carbocycles. The Morgan fingerprint density at radius 2 is 1.77 bits per heavy atom.